The quantitative estimate of drug-likeness (QED) is 0.203. The molecule has 2 aromatic rings. The van der Waals surface area contributed by atoms with Crippen molar-refractivity contribution < 1.29 is 57.3 Å². The molecule has 1 aliphatic heterocycles. The number of ether oxygens (including phenoxy) is 5. The number of rotatable bonds is 7. The van der Waals surface area contributed by atoms with Crippen LogP contribution in [0.2, 0.25) is 0 Å². The maximum absolute atomic E-state index is 13.6. The fourth-order valence-corrected chi connectivity index (χ4v) is 7.68. The number of carbonyl (C=O) groups is 4. The lowest BCUT2D eigenvalue weighted by Gasteiger charge is -2.65. The van der Waals surface area contributed by atoms with Gasteiger partial charge in [0.1, 0.15) is 23.9 Å². The van der Waals surface area contributed by atoms with Crippen molar-refractivity contribution in [2.75, 3.05) is 0 Å². The van der Waals surface area contributed by atoms with Crippen molar-refractivity contribution in [3.05, 3.63) is 64.1 Å². The zero-order valence-electron chi connectivity index (χ0n) is 25.6. The van der Waals surface area contributed by atoms with Crippen LogP contribution in [-0.2, 0) is 33.3 Å². The fourth-order valence-electron chi connectivity index (χ4n) is 7.68. The van der Waals surface area contributed by atoms with E-state index in [2.05, 4.69) is 0 Å². The first-order valence-electron chi connectivity index (χ1n) is 14.4. The summed E-state index contributed by atoms with van der Waals surface area (Å²) in [4.78, 5) is 62.3. The lowest BCUT2D eigenvalue weighted by Crippen LogP contribution is -2.81. The van der Waals surface area contributed by atoms with Crippen LogP contribution in [0.25, 0.3) is 0 Å². The molecule has 8 atom stereocenters. The molecule has 1 aromatic carbocycles. The summed E-state index contributed by atoms with van der Waals surface area (Å²) in [5, 5.41) is 23.5. The number of hydrogen-bond acceptors (Lipinski definition) is 13. The van der Waals surface area contributed by atoms with Crippen LogP contribution in [-0.4, -0.2) is 75.1 Å². The van der Waals surface area contributed by atoms with Gasteiger partial charge < -0.3 is 33.2 Å². The molecule has 1 saturated heterocycles. The Kier molecular flexibility index (Phi) is 7.81. The van der Waals surface area contributed by atoms with Gasteiger partial charge in [0.15, 0.2) is 6.10 Å². The van der Waals surface area contributed by atoms with Gasteiger partial charge in [-0.05, 0) is 58.4 Å². The molecule has 1 aromatic heterocycles. The molecule has 14 heteroatoms. The number of nitro groups is 1. The third-order valence-corrected chi connectivity index (χ3v) is 9.48. The Labute approximate surface area is 258 Å². The van der Waals surface area contributed by atoms with Crippen molar-refractivity contribution in [3.63, 3.8) is 0 Å². The molecule has 5 rings (SSSR count). The molecular formula is C31H35NO13. The van der Waals surface area contributed by atoms with Gasteiger partial charge >= 0.3 is 23.9 Å². The van der Waals surface area contributed by atoms with Gasteiger partial charge in [-0.25, -0.2) is 9.59 Å². The van der Waals surface area contributed by atoms with Crippen LogP contribution in [0.5, 0.6) is 0 Å². The maximum atomic E-state index is 13.6. The SMILES string of the molecule is CC(=O)O[C@H]1C[C@](C)(O)[C@]23OC(C)(C)[C@H](C[C@H](OC(=O)c4ccco4)[C@]2(C)[C@H]1OC(C)=O)[C@H]3OC(=O)c1ccc([N+](=O)[O-])cc1. The van der Waals surface area contributed by atoms with E-state index >= 15 is 0 Å². The highest BCUT2D eigenvalue weighted by Crippen LogP contribution is 2.69. The summed E-state index contributed by atoms with van der Waals surface area (Å²) in [7, 11) is 0. The molecule has 0 unspecified atom stereocenters. The fraction of sp³-hybridized carbons (Fsp3) is 0.548. The van der Waals surface area contributed by atoms with Gasteiger partial charge in [-0.3, -0.25) is 19.7 Å². The van der Waals surface area contributed by atoms with Crippen molar-refractivity contribution in [3.8, 4) is 0 Å². The summed E-state index contributed by atoms with van der Waals surface area (Å²) in [5.74, 6) is -3.93. The predicted molar refractivity (Wildman–Crippen MR) is 151 cm³/mol. The van der Waals surface area contributed by atoms with Crippen molar-refractivity contribution in [1.82, 2.24) is 0 Å². The number of nitrogens with zero attached hydrogens (tertiary/aromatic N) is 1. The normalized spacial score (nSPS) is 34.6. The monoisotopic (exact) mass is 629 g/mol. The molecular weight excluding hydrogens is 594 g/mol. The molecule has 1 N–H and O–H groups in total. The second kappa shape index (κ2) is 10.9. The summed E-state index contributed by atoms with van der Waals surface area (Å²) >= 11 is 0. The van der Waals surface area contributed by atoms with Gasteiger partial charge in [-0.2, -0.15) is 0 Å². The molecule has 1 spiro atoms. The lowest BCUT2D eigenvalue weighted by molar-refractivity contribution is -0.384. The van der Waals surface area contributed by atoms with Gasteiger partial charge in [0, 0.05) is 38.3 Å². The largest absolute Gasteiger partial charge is 0.458 e. The molecule has 2 aliphatic carbocycles. The minimum absolute atomic E-state index is 0.00653. The van der Waals surface area contributed by atoms with Crippen molar-refractivity contribution in [2.45, 2.75) is 95.6 Å². The summed E-state index contributed by atoms with van der Waals surface area (Å²) < 4.78 is 35.7. The highest BCUT2D eigenvalue weighted by molar-refractivity contribution is 5.90. The lowest BCUT2D eigenvalue weighted by atomic mass is 9.47. The highest BCUT2D eigenvalue weighted by atomic mass is 16.6. The Morgan fingerprint density at radius 1 is 0.911 bits per heavy atom. The average Bonchev–Trinajstić information content (AvgIpc) is 3.54. The molecule has 2 saturated carbocycles. The van der Waals surface area contributed by atoms with Crippen LogP contribution in [0.3, 0.4) is 0 Å². The molecule has 2 heterocycles. The van der Waals surface area contributed by atoms with E-state index in [-0.39, 0.29) is 29.9 Å². The van der Waals surface area contributed by atoms with Gasteiger partial charge in [-0.1, -0.05) is 0 Å². The molecule has 3 aliphatic rings. The number of carbonyl (C=O) groups excluding carboxylic acids is 4. The first-order valence-corrected chi connectivity index (χ1v) is 14.4. The van der Waals surface area contributed by atoms with E-state index in [1.807, 2.05) is 0 Å². The van der Waals surface area contributed by atoms with Gasteiger partial charge in [0.2, 0.25) is 5.76 Å². The third-order valence-electron chi connectivity index (χ3n) is 9.48. The van der Waals surface area contributed by atoms with E-state index in [0.29, 0.717) is 0 Å². The van der Waals surface area contributed by atoms with Crippen LogP contribution in [0.15, 0.2) is 47.1 Å². The van der Waals surface area contributed by atoms with E-state index < -0.39 is 81.4 Å². The number of benzene rings is 1. The molecule has 14 nitrogen and oxygen atoms in total. The average molecular weight is 630 g/mol. The Morgan fingerprint density at radius 3 is 2.11 bits per heavy atom. The molecule has 2 bridgehead atoms. The van der Waals surface area contributed by atoms with Crippen LogP contribution in [0.1, 0.15) is 75.3 Å². The third kappa shape index (κ3) is 5.05. The van der Waals surface area contributed by atoms with Crippen LogP contribution in [0, 0.1) is 21.4 Å². The molecule has 0 radical (unpaired) electrons. The topological polar surface area (TPSA) is 191 Å². The van der Waals surface area contributed by atoms with Crippen molar-refractivity contribution in [2.24, 2.45) is 11.3 Å². The first kappa shape index (κ1) is 32.1. The number of fused-ring (bicyclic) bond motifs is 1. The smallest absolute Gasteiger partial charge is 0.374 e. The number of nitro benzene ring substituents is 1. The number of hydrogen-bond donors (Lipinski definition) is 1. The minimum Gasteiger partial charge on any atom is -0.458 e. The van der Waals surface area contributed by atoms with Crippen molar-refractivity contribution >= 4 is 29.6 Å². The zero-order chi connectivity index (χ0) is 33.1. The standard InChI is InChI=1S/C31H35NO13/c1-16(33)41-22-15-29(5,37)31-24(44-26(35)18-9-11-19(12-10-18)32(38)39)20(28(3,4)45-31)14-23(30(31,6)25(22)42-17(2)34)43-27(36)21-8-7-13-40-21/h7-13,20,22-25,37H,14-15H2,1-6H3/t20-,22+,23+,24-,25+,29+,30-,31+/m1/s1. The number of esters is 4. The summed E-state index contributed by atoms with van der Waals surface area (Å²) in [6.45, 7) is 8.83. The van der Waals surface area contributed by atoms with Gasteiger partial charge in [-0.15, -0.1) is 0 Å². The highest BCUT2D eigenvalue weighted by Gasteiger charge is 2.84. The molecule has 45 heavy (non-hydrogen) atoms. The number of aliphatic hydroxyl groups is 1. The molecule has 0 amide bonds. The van der Waals surface area contributed by atoms with Crippen LogP contribution < -0.4 is 0 Å². The summed E-state index contributed by atoms with van der Waals surface area (Å²) in [6, 6.07) is 7.74. The Hall–Kier alpha value is -4.30. The van der Waals surface area contributed by atoms with Crippen LogP contribution >= 0.6 is 0 Å². The van der Waals surface area contributed by atoms with Gasteiger partial charge in [0.05, 0.1) is 33.4 Å². The molecule has 3 fully saturated rings. The van der Waals surface area contributed by atoms with Crippen LogP contribution in [0.4, 0.5) is 5.69 Å². The first-order chi connectivity index (χ1) is 20.9. The van der Waals surface area contributed by atoms with E-state index in [1.165, 1.54) is 44.4 Å². The minimum atomic E-state index is -1.94. The Balaban J connectivity index is 1.67. The maximum Gasteiger partial charge on any atom is 0.374 e. The summed E-state index contributed by atoms with van der Waals surface area (Å²) in [6.07, 6.45) is -3.91. The summed E-state index contributed by atoms with van der Waals surface area (Å²) in [5.41, 5.74) is -6.88. The number of non-ortho nitro benzene ring substituents is 1. The predicted octanol–water partition coefficient (Wildman–Crippen LogP) is 3.53. The second-order valence-electron chi connectivity index (χ2n) is 12.7. The van der Waals surface area contributed by atoms with E-state index in [4.69, 9.17) is 28.1 Å². The van der Waals surface area contributed by atoms with E-state index in [0.717, 1.165) is 19.1 Å². The van der Waals surface area contributed by atoms with Crippen molar-refractivity contribution in [1.29, 1.82) is 0 Å². The Bertz CT molecular complexity index is 1510. The molecule has 242 valence electrons. The van der Waals surface area contributed by atoms with Gasteiger partial charge in [0.25, 0.3) is 5.69 Å². The Morgan fingerprint density at radius 2 is 1.56 bits per heavy atom. The zero-order valence-corrected chi connectivity index (χ0v) is 25.6. The number of furan rings is 1. The second-order valence-corrected chi connectivity index (χ2v) is 12.7. The van der Waals surface area contributed by atoms with E-state index in [1.54, 1.807) is 20.8 Å². The van der Waals surface area contributed by atoms with E-state index in [9.17, 15) is 34.4 Å².